The van der Waals surface area contributed by atoms with Gasteiger partial charge in [-0.15, -0.1) is 0 Å². The van der Waals surface area contributed by atoms with Crippen LogP contribution < -0.4 is 11.1 Å². The van der Waals surface area contributed by atoms with Crippen LogP contribution in [0.25, 0.3) is 0 Å². The molecule has 1 unspecified atom stereocenters. The standard InChI is InChI=1S/C15H33N3O3/c1-13(2)17-15(3,14(16)19)7-6-8-18(9-11-20-4)10-12-21-5/h13,17H,6-12H2,1-5H3,(H2,16,19). The second-order valence-corrected chi connectivity index (χ2v) is 5.93. The molecule has 0 radical (unpaired) electrons. The molecule has 0 aliphatic heterocycles. The number of nitrogens with one attached hydrogen (secondary N) is 1. The lowest BCUT2D eigenvalue weighted by Crippen LogP contribution is -2.55. The molecule has 6 nitrogen and oxygen atoms in total. The molecular weight excluding hydrogens is 270 g/mol. The Kier molecular flexibility index (Phi) is 10.6. The summed E-state index contributed by atoms with van der Waals surface area (Å²) in [6.07, 6.45) is 1.61. The average Bonchev–Trinajstić information content (AvgIpc) is 2.40. The Balaban J connectivity index is 4.32. The van der Waals surface area contributed by atoms with E-state index in [9.17, 15) is 4.79 Å². The molecule has 0 aromatic rings. The fraction of sp³-hybridized carbons (Fsp3) is 0.933. The first-order valence-electron chi connectivity index (χ1n) is 7.63. The highest BCUT2D eigenvalue weighted by molar-refractivity contribution is 5.84. The van der Waals surface area contributed by atoms with Gasteiger partial charge in [-0.3, -0.25) is 9.69 Å². The van der Waals surface area contributed by atoms with Gasteiger partial charge in [0.25, 0.3) is 0 Å². The maximum Gasteiger partial charge on any atom is 0.237 e. The minimum absolute atomic E-state index is 0.223. The zero-order chi connectivity index (χ0) is 16.3. The smallest absolute Gasteiger partial charge is 0.237 e. The summed E-state index contributed by atoms with van der Waals surface area (Å²) in [7, 11) is 3.40. The Labute approximate surface area is 129 Å². The fourth-order valence-electron chi connectivity index (χ4n) is 2.34. The number of ether oxygens (including phenoxy) is 2. The maximum atomic E-state index is 11.7. The summed E-state index contributed by atoms with van der Waals surface area (Å²) in [5.41, 5.74) is 4.89. The molecule has 0 spiro atoms. The third kappa shape index (κ3) is 9.03. The molecule has 21 heavy (non-hydrogen) atoms. The summed E-state index contributed by atoms with van der Waals surface area (Å²) < 4.78 is 10.2. The van der Waals surface area contributed by atoms with Crippen molar-refractivity contribution in [3.05, 3.63) is 0 Å². The van der Waals surface area contributed by atoms with Gasteiger partial charge in [0.1, 0.15) is 0 Å². The van der Waals surface area contributed by atoms with Crippen LogP contribution in [-0.2, 0) is 14.3 Å². The summed E-state index contributed by atoms with van der Waals surface area (Å²) in [5.74, 6) is -0.295. The lowest BCUT2D eigenvalue weighted by molar-refractivity contribution is -0.124. The van der Waals surface area contributed by atoms with Gasteiger partial charge in [-0.2, -0.15) is 0 Å². The maximum absolute atomic E-state index is 11.7. The van der Waals surface area contributed by atoms with Gasteiger partial charge in [0.2, 0.25) is 5.91 Å². The van der Waals surface area contributed by atoms with E-state index in [1.165, 1.54) is 0 Å². The van der Waals surface area contributed by atoms with Gasteiger partial charge >= 0.3 is 0 Å². The number of methoxy groups -OCH3 is 2. The van der Waals surface area contributed by atoms with E-state index >= 15 is 0 Å². The monoisotopic (exact) mass is 303 g/mol. The first-order chi connectivity index (χ1) is 9.85. The number of hydrogen-bond donors (Lipinski definition) is 2. The van der Waals surface area contributed by atoms with E-state index in [1.807, 2.05) is 20.8 Å². The highest BCUT2D eigenvalue weighted by Gasteiger charge is 2.30. The highest BCUT2D eigenvalue weighted by Crippen LogP contribution is 2.13. The van der Waals surface area contributed by atoms with Crippen molar-refractivity contribution in [1.29, 1.82) is 0 Å². The number of amides is 1. The lowest BCUT2D eigenvalue weighted by Gasteiger charge is -2.31. The molecule has 0 aliphatic rings. The Hall–Kier alpha value is -0.690. The minimum Gasteiger partial charge on any atom is -0.383 e. The second kappa shape index (κ2) is 11.0. The van der Waals surface area contributed by atoms with Crippen molar-refractivity contribution in [3.63, 3.8) is 0 Å². The molecule has 0 bridgehead atoms. The molecule has 0 rings (SSSR count). The molecule has 0 aliphatic carbocycles. The fourth-order valence-corrected chi connectivity index (χ4v) is 2.34. The molecule has 3 N–H and O–H groups in total. The normalized spacial score (nSPS) is 14.6. The van der Waals surface area contributed by atoms with Crippen LogP contribution in [0.3, 0.4) is 0 Å². The Morgan fingerprint density at radius 3 is 2.10 bits per heavy atom. The Morgan fingerprint density at radius 2 is 1.71 bits per heavy atom. The van der Waals surface area contributed by atoms with Crippen LogP contribution in [0, 0.1) is 0 Å². The van der Waals surface area contributed by atoms with Crippen molar-refractivity contribution in [1.82, 2.24) is 10.2 Å². The van der Waals surface area contributed by atoms with E-state index in [4.69, 9.17) is 15.2 Å². The van der Waals surface area contributed by atoms with Crippen molar-refractivity contribution in [2.24, 2.45) is 5.73 Å². The van der Waals surface area contributed by atoms with Crippen molar-refractivity contribution in [3.8, 4) is 0 Å². The zero-order valence-electron chi connectivity index (χ0n) is 14.3. The molecule has 0 aromatic carbocycles. The summed E-state index contributed by atoms with van der Waals surface area (Å²) in [4.78, 5) is 14.0. The topological polar surface area (TPSA) is 76.8 Å². The number of carbonyl (C=O) groups is 1. The molecule has 0 aromatic heterocycles. The van der Waals surface area contributed by atoms with E-state index < -0.39 is 5.54 Å². The van der Waals surface area contributed by atoms with Gasteiger partial charge in [0.15, 0.2) is 0 Å². The van der Waals surface area contributed by atoms with Gasteiger partial charge < -0.3 is 20.5 Å². The van der Waals surface area contributed by atoms with Crippen molar-refractivity contribution < 1.29 is 14.3 Å². The largest absolute Gasteiger partial charge is 0.383 e. The molecule has 6 heteroatoms. The minimum atomic E-state index is -0.650. The molecule has 0 heterocycles. The highest BCUT2D eigenvalue weighted by atomic mass is 16.5. The van der Waals surface area contributed by atoms with E-state index in [0.717, 1.165) is 32.5 Å². The van der Waals surface area contributed by atoms with Crippen LogP contribution in [-0.4, -0.2) is 69.5 Å². The van der Waals surface area contributed by atoms with Crippen LogP contribution in [0.5, 0.6) is 0 Å². The number of nitrogens with two attached hydrogens (primary N) is 1. The van der Waals surface area contributed by atoms with Gasteiger partial charge in [0, 0.05) is 33.4 Å². The Morgan fingerprint density at radius 1 is 1.19 bits per heavy atom. The molecule has 0 saturated heterocycles. The third-order valence-electron chi connectivity index (χ3n) is 3.53. The molecular formula is C15H33N3O3. The quantitative estimate of drug-likeness (QED) is 0.521. The number of carbonyl (C=O) groups excluding carboxylic acids is 1. The molecule has 0 fully saturated rings. The molecule has 126 valence electrons. The van der Waals surface area contributed by atoms with Gasteiger partial charge in [-0.25, -0.2) is 0 Å². The summed E-state index contributed by atoms with van der Waals surface area (Å²) in [6, 6.07) is 0.223. The number of nitrogens with zero attached hydrogens (tertiary/aromatic N) is 1. The van der Waals surface area contributed by atoms with E-state index in [0.29, 0.717) is 13.2 Å². The van der Waals surface area contributed by atoms with Crippen LogP contribution in [0.15, 0.2) is 0 Å². The first kappa shape index (κ1) is 20.3. The molecule has 0 saturated carbocycles. The SMILES string of the molecule is COCCN(CCCC(C)(NC(C)C)C(N)=O)CCOC. The first-order valence-corrected chi connectivity index (χ1v) is 7.63. The van der Waals surface area contributed by atoms with Crippen LogP contribution in [0.2, 0.25) is 0 Å². The van der Waals surface area contributed by atoms with Crippen molar-refractivity contribution in [2.45, 2.75) is 45.2 Å². The van der Waals surface area contributed by atoms with Gasteiger partial charge in [0.05, 0.1) is 18.8 Å². The van der Waals surface area contributed by atoms with Crippen molar-refractivity contribution >= 4 is 5.91 Å². The Bertz CT molecular complexity index is 279. The number of primary amides is 1. The summed E-state index contributed by atoms with van der Waals surface area (Å²) >= 11 is 0. The molecule has 1 amide bonds. The number of hydrogen-bond acceptors (Lipinski definition) is 5. The predicted octanol–water partition coefficient (Wildman–Crippen LogP) is 0.603. The zero-order valence-corrected chi connectivity index (χ0v) is 14.3. The van der Waals surface area contributed by atoms with E-state index in [1.54, 1.807) is 14.2 Å². The van der Waals surface area contributed by atoms with Gasteiger partial charge in [-0.05, 0) is 40.2 Å². The molecule has 1 atom stereocenters. The van der Waals surface area contributed by atoms with Crippen LogP contribution in [0.4, 0.5) is 0 Å². The predicted molar refractivity (Wildman–Crippen MR) is 85.3 cm³/mol. The summed E-state index contributed by atoms with van der Waals surface area (Å²) in [6.45, 7) is 9.94. The van der Waals surface area contributed by atoms with Gasteiger partial charge in [-0.1, -0.05) is 0 Å². The van der Waals surface area contributed by atoms with Crippen LogP contribution >= 0.6 is 0 Å². The van der Waals surface area contributed by atoms with Crippen LogP contribution in [0.1, 0.15) is 33.6 Å². The second-order valence-electron chi connectivity index (χ2n) is 5.93. The third-order valence-corrected chi connectivity index (χ3v) is 3.53. The lowest BCUT2D eigenvalue weighted by atomic mass is 9.93. The van der Waals surface area contributed by atoms with E-state index in [-0.39, 0.29) is 11.9 Å². The average molecular weight is 303 g/mol. The van der Waals surface area contributed by atoms with Crippen molar-refractivity contribution in [2.75, 3.05) is 47.1 Å². The van der Waals surface area contributed by atoms with E-state index in [2.05, 4.69) is 10.2 Å². The number of rotatable bonds is 13. The summed E-state index contributed by atoms with van der Waals surface area (Å²) in [5, 5.41) is 3.27.